The molecule has 0 saturated carbocycles. The number of nitrogens with zero attached hydrogens (tertiary/aromatic N) is 2. The Kier molecular flexibility index (Phi) is 7.02. The first-order valence-electron chi connectivity index (χ1n) is 9.69. The van der Waals surface area contributed by atoms with Crippen LogP contribution in [0.3, 0.4) is 0 Å². The van der Waals surface area contributed by atoms with E-state index >= 15 is 0 Å². The Balaban J connectivity index is 1.43. The first kappa shape index (κ1) is 20.6. The average molecular weight is 398 g/mol. The number of rotatable bonds is 5. The zero-order chi connectivity index (χ0) is 20.6. The molecule has 0 unspecified atom stereocenters. The molecule has 2 N–H and O–H groups in total. The fourth-order valence-electron chi connectivity index (χ4n) is 3.29. The number of urea groups is 1. The first-order chi connectivity index (χ1) is 14.0. The van der Waals surface area contributed by atoms with Crippen LogP contribution in [-0.2, 0) is 11.3 Å². The van der Waals surface area contributed by atoms with E-state index in [0.29, 0.717) is 37.5 Å². The van der Waals surface area contributed by atoms with E-state index in [1.54, 1.807) is 12.1 Å². The van der Waals surface area contributed by atoms with E-state index in [9.17, 15) is 14.4 Å². The van der Waals surface area contributed by atoms with E-state index < -0.39 is 6.03 Å². The van der Waals surface area contributed by atoms with Crippen LogP contribution in [0, 0.1) is 6.92 Å². The summed E-state index contributed by atoms with van der Waals surface area (Å²) in [4.78, 5) is 40.5. The smallest absolute Gasteiger partial charge is 0.321 e. The minimum atomic E-state index is -0.558. The lowest BCUT2D eigenvalue weighted by molar-refractivity contribution is -0.121. The molecule has 8 nitrogen and oxygen atoms in total. The predicted molar refractivity (Wildman–Crippen MR) is 107 cm³/mol. The second kappa shape index (κ2) is 9.88. The van der Waals surface area contributed by atoms with Gasteiger partial charge in [0.2, 0.25) is 5.91 Å². The van der Waals surface area contributed by atoms with Crippen LogP contribution in [0.15, 0.2) is 47.1 Å². The third-order valence-electron chi connectivity index (χ3n) is 4.76. The van der Waals surface area contributed by atoms with Gasteiger partial charge < -0.3 is 14.6 Å². The average Bonchev–Trinajstić information content (AvgIpc) is 3.11. The van der Waals surface area contributed by atoms with E-state index in [4.69, 9.17) is 4.42 Å². The largest absolute Gasteiger partial charge is 0.467 e. The lowest BCUT2D eigenvalue weighted by Crippen LogP contribution is -2.45. The zero-order valence-electron chi connectivity index (χ0n) is 16.5. The van der Waals surface area contributed by atoms with Crippen molar-refractivity contribution in [2.45, 2.75) is 19.9 Å². The van der Waals surface area contributed by atoms with Gasteiger partial charge in [-0.1, -0.05) is 17.7 Å². The summed E-state index contributed by atoms with van der Waals surface area (Å²) in [6.07, 6.45) is 2.29. The summed E-state index contributed by atoms with van der Waals surface area (Å²) >= 11 is 0. The van der Waals surface area contributed by atoms with Gasteiger partial charge in [0.15, 0.2) is 0 Å². The molecule has 2 heterocycles. The molecule has 1 aromatic heterocycles. The first-order valence-corrected chi connectivity index (χ1v) is 9.69. The molecule has 1 saturated heterocycles. The molecule has 2 aromatic rings. The van der Waals surface area contributed by atoms with E-state index in [1.165, 1.54) is 6.26 Å². The maximum atomic E-state index is 12.7. The van der Waals surface area contributed by atoms with Gasteiger partial charge in [-0.15, -0.1) is 0 Å². The van der Waals surface area contributed by atoms with E-state index in [1.807, 2.05) is 41.0 Å². The van der Waals surface area contributed by atoms with Crippen LogP contribution < -0.4 is 10.6 Å². The molecule has 1 fully saturated rings. The second-order valence-corrected chi connectivity index (χ2v) is 7.10. The van der Waals surface area contributed by atoms with Gasteiger partial charge in [0.25, 0.3) is 5.91 Å². The van der Waals surface area contributed by atoms with Crippen LogP contribution >= 0.6 is 0 Å². The number of hydrogen-bond acceptors (Lipinski definition) is 5. The van der Waals surface area contributed by atoms with Gasteiger partial charge in [-0.25, -0.2) is 4.79 Å². The minimum absolute atomic E-state index is 0.0114. The van der Waals surface area contributed by atoms with Crippen LogP contribution in [0.1, 0.15) is 28.1 Å². The van der Waals surface area contributed by atoms with Crippen LogP contribution in [0.5, 0.6) is 0 Å². The summed E-state index contributed by atoms with van der Waals surface area (Å²) in [7, 11) is 0. The molecule has 0 spiro atoms. The number of carbonyl (C=O) groups excluding carboxylic acids is 3. The number of imide groups is 1. The normalized spacial score (nSPS) is 14.9. The van der Waals surface area contributed by atoms with Crippen molar-refractivity contribution in [3.05, 3.63) is 59.5 Å². The summed E-state index contributed by atoms with van der Waals surface area (Å²) < 4.78 is 5.12. The quantitative estimate of drug-likeness (QED) is 0.800. The fourth-order valence-corrected chi connectivity index (χ4v) is 3.29. The molecule has 8 heteroatoms. The second-order valence-electron chi connectivity index (χ2n) is 7.10. The Morgan fingerprint density at radius 2 is 1.93 bits per heavy atom. The van der Waals surface area contributed by atoms with Crippen LogP contribution in [-0.4, -0.2) is 60.4 Å². The standard InChI is InChI=1S/C21H26N4O4/c1-16-5-2-6-17(13-16)20(27)25-9-4-8-24(10-11-25)15-19(26)23-21(28)22-14-18-7-3-12-29-18/h2-3,5-7,12-13H,4,8-11,14-15H2,1H3,(H2,22,23,26,28). The number of amides is 4. The molecule has 1 aliphatic rings. The van der Waals surface area contributed by atoms with Gasteiger partial charge in [0.1, 0.15) is 5.76 Å². The van der Waals surface area contributed by atoms with Crippen LogP contribution in [0.25, 0.3) is 0 Å². The highest BCUT2D eigenvalue weighted by Gasteiger charge is 2.22. The minimum Gasteiger partial charge on any atom is -0.467 e. The molecule has 3 rings (SSSR count). The molecule has 1 aromatic carbocycles. The highest BCUT2D eigenvalue weighted by Crippen LogP contribution is 2.11. The number of hydrogen-bond donors (Lipinski definition) is 2. The number of aryl methyl sites for hydroxylation is 1. The van der Waals surface area contributed by atoms with Crippen molar-refractivity contribution in [1.82, 2.24) is 20.4 Å². The van der Waals surface area contributed by atoms with E-state index in [2.05, 4.69) is 10.6 Å². The Bertz CT molecular complexity index is 850. The molecule has 0 atom stereocenters. The maximum Gasteiger partial charge on any atom is 0.321 e. The van der Waals surface area contributed by atoms with Crippen molar-refractivity contribution in [2.24, 2.45) is 0 Å². The van der Waals surface area contributed by atoms with Crippen molar-refractivity contribution in [3.63, 3.8) is 0 Å². The number of carbonyl (C=O) groups is 3. The Hall–Kier alpha value is -3.13. The van der Waals surface area contributed by atoms with Gasteiger partial charge in [0, 0.05) is 31.7 Å². The van der Waals surface area contributed by atoms with Crippen LogP contribution in [0.2, 0.25) is 0 Å². The molecule has 0 bridgehead atoms. The predicted octanol–water partition coefficient (Wildman–Crippen LogP) is 1.76. The molecular formula is C21H26N4O4. The zero-order valence-corrected chi connectivity index (χ0v) is 16.5. The summed E-state index contributed by atoms with van der Waals surface area (Å²) in [5.74, 6) is 0.246. The van der Waals surface area contributed by atoms with Gasteiger partial charge in [-0.05, 0) is 37.6 Å². The highest BCUT2D eigenvalue weighted by atomic mass is 16.3. The lowest BCUT2D eigenvalue weighted by atomic mass is 10.1. The van der Waals surface area contributed by atoms with E-state index in [0.717, 1.165) is 12.0 Å². The summed E-state index contributed by atoms with van der Waals surface area (Å²) in [5.41, 5.74) is 1.73. The lowest BCUT2D eigenvalue weighted by Gasteiger charge is -2.22. The summed E-state index contributed by atoms with van der Waals surface area (Å²) in [6, 6.07) is 10.5. The molecule has 154 valence electrons. The highest BCUT2D eigenvalue weighted by molar-refractivity contribution is 5.95. The fraction of sp³-hybridized carbons (Fsp3) is 0.381. The Morgan fingerprint density at radius 3 is 2.69 bits per heavy atom. The van der Waals surface area contributed by atoms with Crippen molar-refractivity contribution >= 4 is 17.8 Å². The molecular weight excluding hydrogens is 372 g/mol. The molecule has 1 aliphatic heterocycles. The van der Waals surface area contributed by atoms with Crippen molar-refractivity contribution in [2.75, 3.05) is 32.7 Å². The number of nitrogens with one attached hydrogen (secondary N) is 2. The van der Waals surface area contributed by atoms with Crippen LogP contribution in [0.4, 0.5) is 4.79 Å². The van der Waals surface area contributed by atoms with E-state index in [-0.39, 0.29) is 24.9 Å². The van der Waals surface area contributed by atoms with Gasteiger partial charge in [0.05, 0.1) is 19.4 Å². The third kappa shape index (κ3) is 6.18. The number of benzene rings is 1. The van der Waals surface area contributed by atoms with Crippen molar-refractivity contribution in [3.8, 4) is 0 Å². The summed E-state index contributed by atoms with van der Waals surface area (Å²) in [5, 5.41) is 4.90. The van der Waals surface area contributed by atoms with Crippen molar-refractivity contribution < 1.29 is 18.8 Å². The van der Waals surface area contributed by atoms with Gasteiger partial charge in [-0.2, -0.15) is 0 Å². The molecule has 29 heavy (non-hydrogen) atoms. The monoisotopic (exact) mass is 398 g/mol. The maximum absolute atomic E-state index is 12.7. The van der Waals surface area contributed by atoms with Gasteiger partial charge in [-0.3, -0.25) is 19.8 Å². The SMILES string of the molecule is Cc1cccc(C(=O)N2CCCN(CC(=O)NC(=O)NCc3ccco3)CC2)c1. The molecule has 0 aliphatic carbocycles. The third-order valence-corrected chi connectivity index (χ3v) is 4.76. The number of furan rings is 1. The Morgan fingerprint density at radius 1 is 1.07 bits per heavy atom. The Labute approximate surface area is 169 Å². The van der Waals surface area contributed by atoms with Gasteiger partial charge >= 0.3 is 6.03 Å². The molecule has 4 amide bonds. The topological polar surface area (TPSA) is 94.9 Å². The summed E-state index contributed by atoms with van der Waals surface area (Å²) in [6.45, 7) is 4.76. The molecule has 0 radical (unpaired) electrons. The van der Waals surface area contributed by atoms with Crippen molar-refractivity contribution in [1.29, 1.82) is 0 Å².